The van der Waals surface area contributed by atoms with Crippen LogP contribution in [0.5, 0.6) is 23.1 Å². The maximum absolute atomic E-state index is 9.54. The summed E-state index contributed by atoms with van der Waals surface area (Å²) in [4.78, 5) is 8.64. The van der Waals surface area contributed by atoms with Gasteiger partial charge < -0.3 is 14.2 Å². The highest BCUT2D eigenvalue weighted by Crippen LogP contribution is 2.23. The van der Waals surface area contributed by atoms with E-state index in [9.17, 15) is 5.21 Å². The maximum atomic E-state index is 9.54. The van der Waals surface area contributed by atoms with Gasteiger partial charge in [-0.2, -0.15) is 0 Å². The highest BCUT2D eigenvalue weighted by molar-refractivity contribution is 5.98. The molecule has 0 saturated heterocycles. The predicted octanol–water partition coefficient (Wildman–Crippen LogP) is 3.82. The van der Waals surface area contributed by atoms with E-state index in [1.165, 1.54) is 0 Å². The number of hydrogen-bond donors (Lipinski definition) is 2. The smallest absolute Gasteiger partial charge is 0.219 e. The summed E-state index contributed by atoms with van der Waals surface area (Å²) >= 11 is 0. The highest BCUT2D eigenvalue weighted by Gasteiger charge is 2.08. The van der Waals surface area contributed by atoms with E-state index in [1.807, 2.05) is 24.3 Å². The van der Waals surface area contributed by atoms with Crippen LogP contribution >= 0.6 is 0 Å². The Morgan fingerprint density at radius 2 is 1.75 bits per heavy atom. The first-order valence-corrected chi connectivity index (χ1v) is 8.58. The number of ether oxygens (including phenoxy) is 3. The van der Waals surface area contributed by atoms with Gasteiger partial charge in [0.25, 0.3) is 0 Å². The van der Waals surface area contributed by atoms with Gasteiger partial charge in [0, 0.05) is 23.4 Å². The van der Waals surface area contributed by atoms with Crippen LogP contribution in [0.4, 0.5) is 0 Å². The molecule has 7 nitrogen and oxygen atoms in total. The van der Waals surface area contributed by atoms with Crippen LogP contribution in [0.2, 0.25) is 0 Å². The Morgan fingerprint density at radius 1 is 1.00 bits per heavy atom. The normalized spacial score (nSPS) is 11.0. The molecule has 0 spiro atoms. The lowest BCUT2D eigenvalue weighted by Gasteiger charge is -2.10. The molecule has 1 heterocycles. The summed E-state index contributed by atoms with van der Waals surface area (Å²) in [5.41, 5.74) is 3.68. The quantitative estimate of drug-likeness (QED) is 0.369. The number of benzene rings is 2. The first-order chi connectivity index (χ1) is 13.7. The standard InChI is InChI=1S/C21H21N3O4/c1-26-17-7-9-18(10-8-17)28-20-13-15(11-12-22-20)21(24-25)23-14-16-5-3-4-6-19(16)27-2/h3-13,25H,14H2,1-2H3,(H,23,24). The molecule has 0 aliphatic heterocycles. The molecule has 0 unspecified atom stereocenters. The fraction of sp³-hybridized carbons (Fsp3) is 0.143. The minimum absolute atomic E-state index is 0.299. The van der Waals surface area contributed by atoms with Gasteiger partial charge in [-0.1, -0.05) is 18.2 Å². The monoisotopic (exact) mass is 379 g/mol. The van der Waals surface area contributed by atoms with E-state index in [-0.39, 0.29) is 0 Å². The molecule has 2 N–H and O–H groups in total. The van der Waals surface area contributed by atoms with Gasteiger partial charge in [0.15, 0.2) is 5.84 Å². The van der Waals surface area contributed by atoms with Crippen molar-refractivity contribution >= 4 is 5.84 Å². The van der Waals surface area contributed by atoms with Crippen LogP contribution in [0.1, 0.15) is 11.1 Å². The highest BCUT2D eigenvalue weighted by atomic mass is 16.5. The molecule has 0 fully saturated rings. The average Bonchev–Trinajstić information content (AvgIpc) is 2.75. The van der Waals surface area contributed by atoms with Crippen LogP contribution in [0.3, 0.4) is 0 Å². The minimum atomic E-state index is 0.299. The van der Waals surface area contributed by atoms with Crippen molar-refractivity contribution in [2.45, 2.75) is 6.54 Å². The van der Waals surface area contributed by atoms with Gasteiger partial charge in [0.05, 0.1) is 20.8 Å². The number of aliphatic imine (C=N–C) groups is 1. The summed E-state index contributed by atoms with van der Waals surface area (Å²) in [6, 6.07) is 18.2. The molecule has 0 atom stereocenters. The van der Waals surface area contributed by atoms with Crippen LogP contribution in [0.15, 0.2) is 71.9 Å². The largest absolute Gasteiger partial charge is 0.497 e. The number of aromatic nitrogens is 1. The van der Waals surface area contributed by atoms with Gasteiger partial charge in [-0.3, -0.25) is 15.7 Å². The molecule has 0 radical (unpaired) electrons. The van der Waals surface area contributed by atoms with Gasteiger partial charge in [-0.15, -0.1) is 0 Å². The Bertz CT molecular complexity index is 942. The summed E-state index contributed by atoms with van der Waals surface area (Å²) in [7, 11) is 3.22. The second-order valence-corrected chi connectivity index (χ2v) is 5.75. The zero-order valence-electron chi connectivity index (χ0n) is 15.6. The summed E-state index contributed by atoms with van der Waals surface area (Å²) in [5.74, 6) is 2.77. The van der Waals surface area contributed by atoms with Crippen molar-refractivity contribution in [2.75, 3.05) is 14.2 Å². The van der Waals surface area contributed by atoms with Crippen LogP contribution in [0, 0.1) is 0 Å². The van der Waals surface area contributed by atoms with Gasteiger partial charge >= 0.3 is 0 Å². The molecule has 3 rings (SSSR count). The molecule has 0 aliphatic carbocycles. The molecule has 1 aromatic heterocycles. The third kappa shape index (κ3) is 4.77. The fourth-order valence-corrected chi connectivity index (χ4v) is 2.57. The number of hydroxylamine groups is 1. The number of para-hydroxylation sites is 1. The average molecular weight is 379 g/mol. The number of rotatable bonds is 7. The lowest BCUT2D eigenvalue weighted by atomic mass is 10.2. The second kappa shape index (κ2) is 9.38. The molecule has 0 bridgehead atoms. The van der Waals surface area contributed by atoms with Gasteiger partial charge in [0.2, 0.25) is 5.88 Å². The zero-order chi connectivity index (χ0) is 19.8. The van der Waals surface area contributed by atoms with E-state index >= 15 is 0 Å². The SMILES string of the molecule is COc1ccc(Oc2cc(C(=NCc3ccccc3OC)NO)ccn2)cc1. The fourth-order valence-electron chi connectivity index (χ4n) is 2.57. The van der Waals surface area contributed by atoms with Gasteiger partial charge in [-0.05, 0) is 36.4 Å². The number of nitrogens with one attached hydrogen (secondary N) is 1. The third-order valence-corrected chi connectivity index (χ3v) is 4.00. The molecule has 28 heavy (non-hydrogen) atoms. The Hall–Kier alpha value is -3.58. The summed E-state index contributed by atoms with van der Waals surface area (Å²) in [6.45, 7) is 0.337. The topological polar surface area (TPSA) is 85.2 Å². The maximum Gasteiger partial charge on any atom is 0.219 e. The van der Waals surface area contributed by atoms with Crippen molar-refractivity contribution < 1.29 is 19.4 Å². The number of amidine groups is 1. The molecule has 0 aliphatic rings. The lowest BCUT2D eigenvalue weighted by molar-refractivity contribution is 0.234. The Balaban J connectivity index is 1.78. The summed E-state index contributed by atoms with van der Waals surface area (Å²) in [5, 5.41) is 9.54. The number of nitrogens with zero attached hydrogens (tertiary/aromatic N) is 2. The number of methoxy groups -OCH3 is 2. The molecular formula is C21H21N3O4. The first kappa shape index (κ1) is 19.2. The predicted molar refractivity (Wildman–Crippen MR) is 105 cm³/mol. The van der Waals surface area contributed by atoms with Crippen LogP contribution in [0.25, 0.3) is 0 Å². The molecule has 0 saturated carbocycles. The first-order valence-electron chi connectivity index (χ1n) is 8.58. The summed E-state index contributed by atoms with van der Waals surface area (Å²) < 4.78 is 16.2. The number of pyridine rings is 1. The van der Waals surface area contributed by atoms with Crippen LogP contribution in [-0.2, 0) is 6.54 Å². The molecular weight excluding hydrogens is 358 g/mol. The van der Waals surface area contributed by atoms with Crippen molar-refractivity contribution in [3.05, 3.63) is 78.0 Å². The van der Waals surface area contributed by atoms with Crippen molar-refractivity contribution in [2.24, 2.45) is 4.99 Å². The van der Waals surface area contributed by atoms with E-state index in [1.54, 1.807) is 56.8 Å². The van der Waals surface area contributed by atoms with Crippen molar-refractivity contribution in [1.29, 1.82) is 0 Å². The van der Waals surface area contributed by atoms with Crippen molar-refractivity contribution in [1.82, 2.24) is 10.5 Å². The number of hydrogen-bond acceptors (Lipinski definition) is 6. The van der Waals surface area contributed by atoms with Crippen molar-refractivity contribution in [3.63, 3.8) is 0 Å². The van der Waals surface area contributed by atoms with E-state index in [0.717, 1.165) is 17.1 Å². The second-order valence-electron chi connectivity index (χ2n) is 5.75. The molecule has 7 heteroatoms. The molecule has 0 amide bonds. The summed E-state index contributed by atoms with van der Waals surface area (Å²) in [6.07, 6.45) is 1.59. The molecule has 3 aromatic rings. The molecule has 144 valence electrons. The third-order valence-electron chi connectivity index (χ3n) is 4.00. The van der Waals surface area contributed by atoms with Crippen LogP contribution < -0.4 is 19.7 Å². The lowest BCUT2D eigenvalue weighted by Crippen LogP contribution is -2.20. The van der Waals surface area contributed by atoms with E-state index in [2.05, 4.69) is 15.5 Å². The van der Waals surface area contributed by atoms with E-state index in [0.29, 0.717) is 29.6 Å². The minimum Gasteiger partial charge on any atom is -0.497 e. The van der Waals surface area contributed by atoms with E-state index in [4.69, 9.17) is 14.2 Å². The Labute approximate surface area is 163 Å². The Morgan fingerprint density at radius 3 is 2.46 bits per heavy atom. The van der Waals surface area contributed by atoms with Crippen molar-refractivity contribution in [3.8, 4) is 23.1 Å². The van der Waals surface area contributed by atoms with Gasteiger partial charge in [-0.25, -0.2) is 4.98 Å². The van der Waals surface area contributed by atoms with Crippen LogP contribution in [-0.4, -0.2) is 30.2 Å². The Kier molecular flexibility index (Phi) is 6.43. The van der Waals surface area contributed by atoms with Gasteiger partial charge in [0.1, 0.15) is 17.2 Å². The van der Waals surface area contributed by atoms with E-state index < -0.39 is 0 Å². The zero-order valence-corrected chi connectivity index (χ0v) is 15.6. The molecule has 2 aromatic carbocycles.